The van der Waals surface area contributed by atoms with Crippen LogP contribution in [0.5, 0.6) is 0 Å². The molecule has 1 aromatic heterocycles. The summed E-state index contributed by atoms with van der Waals surface area (Å²) in [5.41, 5.74) is 2.12. The summed E-state index contributed by atoms with van der Waals surface area (Å²) in [5.74, 6) is 0.581. The molecule has 0 saturated carbocycles. The fourth-order valence-corrected chi connectivity index (χ4v) is 4.30. The molecule has 0 atom stereocenters. The number of H-pyrrole nitrogens is 1. The molecule has 5 heteroatoms. The van der Waals surface area contributed by atoms with Crippen LogP contribution in [0.2, 0.25) is 0 Å². The lowest BCUT2D eigenvalue weighted by molar-refractivity contribution is -0.141. The van der Waals surface area contributed by atoms with Crippen molar-refractivity contribution in [3.8, 4) is 0 Å². The summed E-state index contributed by atoms with van der Waals surface area (Å²) < 4.78 is 0. The number of carbonyl (C=O) groups excluding carboxylic acids is 2. The highest BCUT2D eigenvalue weighted by molar-refractivity contribution is 5.89. The lowest BCUT2D eigenvalue weighted by atomic mass is 9.94. The largest absolute Gasteiger partial charge is 0.361 e. The SMILES string of the molecule is O=C(Cc1c[nH]c2ccccc12)N1CCC(C(=O)N2CCCCC2)CC1. The Labute approximate surface area is 154 Å². The molecule has 0 radical (unpaired) electrons. The van der Waals surface area contributed by atoms with Gasteiger partial charge in [0.25, 0.3) is 0 Å². The third-order valence-electron chi connectivity index (χ3n) is 5.88. The molecule has 2 amide bonds. The van der Waals surface area contributed by atoms with Gasteiger partial charge in [0.1, 0.15) is 0 Å². The van der Waals surface area contributed by atoms with Crippen LogP contribution in [0.4, 0.5) is 0 Å². The average Bonchev–Trinajstić information content (AvgIpc) is 3.11. The van der Waals surface area contributed by atoms with E-state index in [0.717, 1.165) is 55.2 Å². The second-order valence-corrected chi connectivity index (χ2v) is 7.58. The van der Waals surface area contributed by atoms with Gasteiger partial charge in [-0.3, -0.25) is 9.59 Å². The molecule has 0 aliphatic carbocycles. The molecule has 2 aliphatic heterocycles. The van der Waals surface area contributed by atoms with E-state index in [2.05, 4.69) is 11.1 Å². The number of hydrogen-bond acceptors (Lipinski definition) is 2. The molecule has 0 unspecified atom stereocenters. The van der Waals surface area contributed by atoms with Gasteiger partial charge in [0.05, 0.1) is 6.42 Å². The third kappa shape index (κ3) is 3.48. The second-order valence-electron chi connectivity index (χ2n) is 7.58. The highest BCUT2D eigenvalue weighted by atomic mass is 16.2. The predicted molar refractivity (Wildman–Crippen MR) is 102 cm³/mol. The van der Waals surface area contributed by atoms with Gasteiger partial charge in [0.15, 0.2) is 0 Å². The maximum absolute atomic E-state index is 12.7. The Morgan fingerprint density at radius 2 is 1.69 bits per heavy atom. The summed E-state index contributed by atoms with van der Waals surface area (Å²) in [5, 5.41) is 1.12. The van der Waals surface area contributed by atoms with Gasteiger partial charge in [0.2, 0.25) is 11.8 Å². The van der Waals surface area contributed by atoms with Crippen LogP contribution < -0.4 is 0 Å². The number of rotatable bonds is 3. The smallest absolute Gasteiger partial charge is 0.227 e. The number of nitrogens with zero attached hydrogens (tertiary/aromatic N) is 2. The topological polar surface area (TPSA) is 56.4 Å². The zero-order valence-electron chi connectivity index (χ0n) is 15.2. The van der Waals surface area contributed by atoms with Crippen molar-refractivity contribution in [3.05, 3.63) is 36.0 Å². The Balaban J connectivity index is 1.32. The summed E-state index contributed by atoms with van der Waals surface area (Å²) >= 11 is 0. The van der Waals surface area contributed by atoms with Crippen LogP contribution in [0, 0.1) is 5.92 Å². The maximum Gasteiger partial charge on any atom is 0.227 e. The number of carbonyl (C=O) groups is 2. The number of hydrogen-bond donors (Lipinski definition) is 1. The first-order chi connectivity index (χ1) is 12.7. The van der Waals surface area contributed by atoms with E-state index in [4.69, 9.17) is 0 Å². The number of piperidine rings is 2. The Bertz CT molecular complexity index is 783. The van der Waals surface area contributed by atoms with E-state index in [1.807, 2.05) is 34.2 Å². The third-order valence-corrected chi connectivity index (χ3v) is 5.88. The zero-order valence-corrected chi connectivity index (χ0v) is 15.2. The number of likely N-dealkylation sites (tertiary alicyclic amines) is 2. The molecule has 2 aromatic rings. The number of benzene rings is 1. The van der Waals surface area contributed by atoms with Crippen molar-refractivity contribution >= 4 is 22.7 Å². The first kappa shape index (κ1) is 17.1. The normalized spacial score (nSPS) is 19.1. The minimum Gasteiger partial charge on any atom is -0.361 e. The number of amides is 2. The standard InChI is InChI=1S/C21H27N3O2/c25-20(14-17-15-22-19-7-3-2-6-18(17)19)23-12-8-16(9-13-23)21(26)24-10-4-1-5-11-24/h2-3,6-7,15-16,22H,1,4-5,8-14H2. The lowest BCUT2D eigenvalue weighted by Crippen LogP contribution is -2.46. The van der Waals surface area contributed by atoms with Gasteiger partial charge in [-0.15, -0.1) is 0 Å². The molecule has 1 aromatic carbocycles. The van der Waals surface area contributed by atoms with Gasteiger partial charge in [-0.2, -0.15) is 0 Å². The summed E-state index contributed by atoms with van der Waals surface area (Å²) in [4.78, 5) is 32.6. The van der Waals surface area contributed by atoms with E-state index in [-0.39, 0.29) is 11.8 Å². The minimum absolute atomic E-state index is 0.102. The van der Waals surface area contributed by atoms with Gasteiger partial charge >= 0.3 is 0 Å². The lowest BCUT2D eigenvalue weighted by Gasteiger charge is -2.35. The molecule has 3 heterocycles. The summed E-state index contributed by atoms with van der Waals surface area (Å²) in [6.07, 6.45) is 7.47. The maximum atomic E-state index is 12.7. The zero-order chi connectivity index (χ0) is 17.9. The summed E-state index contributed by atoms with van der Waals surface area (Å²) in [7, 11) is 0. The summed E-state index contributed by atoms with van der Waals surface area (Å²) in [6, 6.07) is 8.08. The molecule has 0 spiro atoms. The fraction of sp³-hybridized carbons (Fsp3) is 0.524. The monoisotopic (exact) mass is 353 g/mol. The van der Waals surface area contributed by atoms with Crippen molar-refractivity contribution in [2.45, 2.75) is 38.5 Å². The predicted octanol–water partition coefficient (Wildman–Crippen LogP) is 2.96. The quantitative estimate of drug-likeness (QED) is 0.922. The number of para-hydroxylation sites is 1. The highest BCUT2D eigenvalue weighted by Gasteiger charge is 2.30. The number of fused-ring (bicyclic) bond motifs is 1. The van der Waals surface area contributed by atoms with E-state index in [0.29, 0.717) is 25.4 Å². The molecule has 2 fully saturated rings. The van der Waals surface area contributed by atoms with Gasteiger partial charge < -0.3 is 14.8 Å². The fourth-order valence-electron chi connectivity index (χ4n) is 4.30. The Kier molecular flexibility index (Phi) is 4.96. The van der Waals surface area contributed by atoms with Gasteiger partial charge in [-0.1, -0.05) is 18.2 Å². The van der Waals surface area contributed by atoms with Crippen LogP contribution in [0.1, 0.15) is 37.7 Å². The number of aromatic amines is 1. The molecule has 26 heavy (non-hydrogen) atoms. The van der Waals surface area contributed by atoms with Crippen molar-refractivity contribution in [2.75, 3.05) is 26.2 Å². The van der Waals surface area contributed by atoms with Crippen LogP contribution in [-0.2, 0) is 16.0 Å². The van der Waals surface area contributed by atoms with E-state index in [1.165, 1.54) is 6.42 Å². The van der Waals surface area contributed by atoms with Crippen molar-refractivity contribution in [3.63, 3.8) is 0 Å². The van der Waals surface area contributed by atoms with Gasteiger partial charge in [0, 0.05) is 49.2 Å². The van der Waals surface area contributed by atoms with Crippen molar-refractivity contribution in [1.82, 2.24) is 14.8 Å². The number of nitrogens with one attached hydrogen (secondary N) is 1. The second kappa shape index (κ2) is 7.52. The van der Waals surface area contributed by atoms with Crippen LogP contribution in [0.25, 0.3) is 10.9 Å². The van der Waals surface area contributed by atoms with Gasteiger partial charge in [-0.25, -0.2) is 0 Å². The minimum atomic E-state index is 0.102. The molecule has 138 valence electrons. The van der Waals surface area contributed by atoms with Crippen LogP contribution in [0.3, 0.4) is 0 Å². The van der Waals surface area contributed by atoms with E-state index in [9.17, 15) is 9.59 Å². The van der Waals surface area contributed by atoms with Gasteiger partial charge in [-0.05, 0) is 43.7 Å². The molecular formula is C21H27N3O2. The molecule has 5 nitrogen and oxygen atoms in total. The Hall–Kier alpha value is -2.30. The van der Waals surface area contributed by atoms with Crippen LogP contribution in [-0.4, -0.2) is 52.8 Å². The van der Waals surface area contributed by atoms with Crippen molar-refractivity contribution in [2.24, 2.45) is 5.92 Å². The highest BCUT2D eigenvalue weighted by Crippen LogP contribution is 2.24. The molecule has 4 rings (SSSR count). The van der Waals surface area contributed by atoms with E-state index in [1.54, 1.807) is 0 Å². The Morgan fingerprint density at radius 1 is 0.962 bits per heavy atom. The van der Waals surface area contributed by atoms with E-state index < -0.39 is 0 Å². The average molecular weight is 353 g/mol. The van der Waals surface area contributed by atoms with E-state index >= 15 is 0 Å². The Morgan fingerprint density at radius 3 is 2.46 bits per heavy atom. The van der Waals surface area contributed by atoms with Crippen LogP contribution in [0.15, 0.2) is 30.5 Å². The summed E-state index contributed by atoms with van der Waals surface area (Å²) in [6.45, 7) is 3.23. The molecule has 1 N–H and O–H groups in total. The first-order valence-electron chi connectivity index (χ1n) is 9.84. The van der Waals surface area contributed by atoms with Crippen LogP contribution >= 0.6 is 0 Å². The van der Waals surface area contributed by atoms with Crippen molar-refractivity contribution < 1.29 is 9.59 Å². The molecule has 2 aliphatic rings. The molecular weight excluding hydrogens is 326 g/mol. The first-order valence-corrected chi connectivity index (χ1v) is 9.84. The number of aromatic nitrogens is 1. The van der Waals surface area contributed by atoms with Crippen molar-refractivity contribution in [1.29, 1.82) is 0 Å². The molecule has 2 saturated heterocycles. The molecule has 0 bridgehead atoms.